The van der Waals surface area contributed by atoms with Gasteiger partial charge in [0.1, 0.15) is 5.75 Å². The van der Waals surface area contributed by atoms with Gasteiger partial charge in [0.2, 0.25) is 0 Å². The van der Waals surface area contributed by atoms with E-state index in [2.05, 4.69) is 50.1 Å². The standard InChI is InChI=1S/C17H31NOSi/c1-6-11-18-13-15(14-20(3,4)5)12-16-9-7-8-10-17(16)19-2/h7-10,15,18H,6,11-14H2,1-5H3. The van der Waals surface area contributed by atoms with E-state index in [9.17, 15) is 0 Å². The van der Waals surface area contributed by atoms with Gasteiger partial charge in [0, 0.05) is 8.07 Å². The number of benzene rings is 1. The van der Waals surface area contributed by atoms with E-state index >= 15 is 0 Å². The SMILES string of the molecule is CCCNCC(Cc1ccccc1OC)C[Si](C)(C)C. The van der Waals surface area contributed by atoms with Crippen molar-refractivity contribution in [2.75, 3.05) is 20.2 Å². The van der Waals surface area contributed by atoms with Crippen LogP contribution in [0.5, 0.6) is 5.75 Å². The zero-order chi connectivity index (χ0) is 15.0. The smallest absolute Gasteiger partial charge is 0.122 e. The fourth-order valence-corrected chi connectivity index (χ4v) is 4.77. The maximum atomic E-state index is 5.49. The highest BCUT2D eigenvalue weighted by molar-refractivity contribution is 6.76. The molecule has 20 heavy (non-hydrogen) atoms. The monoisotopic (exact) mass is 293 g/mol. The quantitative estimate of drug-likeness (QED) is 0.544. The molecule has 0 bridgehead atoms. The van der Waals surface area contributed by atoms with Gasteiger partial charge in [-0.25, -0.2) is 0 Å². The Hall–Kier alpha value is -0.803. The van der Waals surface area contributed by atoms with E-state index in [1.807, 2.05) is 6.07 Å². The van der Waals surface area contributed by atoms with Crippen LogP contribution in [0.25, 0.3) is 0 Å². The maximum Gasteiger partial charge on any atom is 0.122 e. The molecule has 1 aromatic carbocycles. The van der Waals surface area contributed by atoms with Crippen LogP contribution in [0.3, 0.4) is 0 Å². The van der Waals surface area contributed by atoms with Gasteiger partial charge >= 0.3 is 0 Å². The normalized spacial score (nSPS) is 13.2. The molecule has 1 unspecified atom stereocenters. The van der Waals surface area contributed by atoms with Crippen molar-refractivity contribution in [3.8, 4) is 5.75 Å². The highest BCUT2D eigenvalue weighted by atomic mass is 28.3. The van der Waals surface area contributed by atoms with Crippen LogP contribution < -0.4 is 10.1 Å². The summed E-state index contributed by atoms with van der Waals surface area (Å²) in [7, 11) is 0.723. The molecule has 3 heteroatoms. The molecule has 1 N–H and O–H groups in total. The van der Waals surface area contributed by atoms with Gasteiger partial charge in [-0.05, 0) is 43.5 Å². The molecule has 2 nitrogen and oxygen atoms in total. The van der Waals surface area contributed by atoms with Crippen LogP contribution in [0.15, 0.2) is 24.3 Å². The molecule has 1 rings (SSSR count). The molecule has 0 heterocycles. The predicted octanol–water partition coefficient (Wildman–Crippen LogP) is 4.19. The summed E-state index contributed by atoms with van der Waals surface area (Å²) >= 11 is 0. The highest BCUT2D eigenvalue weighted by Crippen LogP contribution is 2.25. The van der Waals surface area contributed by atoms with Crippen molar-refractivity contribution in [3.63, 3.8) is 0 Å². The third-order valence-corrected chi connectivity index (χ3v) is 5.26. The van der Waals surface area contributed by atoms with Crippen molar-refractivity contribution in [1.82, 2.24) is 5.32 Å². The molecular formula is C17H31NOSi. The van der Waals surface area contributed by atoms with Crippen LogP contribution in [0.2, 0.25) is 25.7 Å². The second-order valence-electron chi connectivity index (χ2n) is 6.85. The molecule has 0 fully saturated rings. The van der Waals surface area contributed by atoms with Crippen molar-refractivity contribution < 1.29 is 4.74 Å². The van der Waals surface area contributed by atoms with Crippen molar-refractivity contribution in [2.45, 2.75) is 45.5 Å². The summed E-state index contributed by atoms with van der Waals surface area (Å²) in [5.41, 5.74) is 1.34. The molecule has 0 saturated carbocycles. The Labute approximate surface area is 125 Å². The molecule has 0 aliphatic heterocycles. The molecule has 0 saturated heterocycles. The highest BCUT2D eigenvalue weighted by Gasteiger charge is 2.21. The molecule has 1 aromatic rings. The lowest BCUT2D eigenvalue weighted by Gasteiger charge is -2.25. The van der Waals surface area contributed by atoms with Crippen molar-refractivity contribution in [2.24, 2.45) is 5.92 Å². The average molecular weight is 294 g/mol. The fourth-order valence-electron chi connectivity index (χ4n) is 2.75. The Morgan fingerprint density at radius 1 is 1.20 bits per heavy atom. The van der Waals surface area contributed by atoms with Gasteiger partial charge in [-0.2, -0.15) is 0 Å². The Morgan fingerprint density at radius 2 is 1.90 bits per heavy atom. The number of methoxy groups -OCH3 is 1. The third kappa shape index (κ3) is 6.57. The number of hydrogen-bond donors (Lipinski definition) is 1. The summed E-state index contributed by atoms with van der Waals surface area (Å²) in [5, 5.41) is 3.60. The van der Waals surface area contributed by atoms with Crippen molar-refractivity contribution in [3.05, 3.63) is 29.8 Å². The first-order valence-electron chi connectivity index (χ1n) is 7.79. The molecule has 0 radical (unpaired) electrons. The van der Waals surface area contributed by atoms with Crippen LogP contribution in [0, 0.1) is 5.92 Å². The lowest BCUT2D eigenvalue weighted by atomic mass is 10.00. The largest absolute Gasteiger partial charge is 0.496 e. The van der Waals surface area contributed by atoms with Gasteiger partial charge in [-0.1, -0.05) is 50.8 Å². The Bertz CT molecular complexity index is 387. The topological polar surface area (TPSA) is 21.3 Å². The van der Waals surface area contributed by atoms with Crippen molar-refractivity contribution >= 4 is 8.07 Å². The van der Waals surface area contributed by atoms with E-state index in [0.717, 1.165) is 25.3 Å². The van der Waals surface area contributed by atoms with Gasteiger partial charge in [0.15, 0.2) is 0 Å². The molecule has 0 spiro atoms. The maximum absolute atomic E-state index is 5.49. The van der Waals surface area contributed by atoms with E-state index in [0.29, 0.717) is 5.92 Å². The average Bonchev–Trinajstić information content (AvgIpc) is 2.37. The first kappa shape index (κ1) is 17.2. The number of hydrogen-bond acceptors (Lipinski definition) is 2. The van der Waals surface area contributed by atoms with Gasteiger partial charge in [-0.15, -0.1) is 0 Å². The van der Waals surface area contributed by atoms with Crippen LogP contribution in [0.4, 0.5) is 0 Å². The zero-order valence-electron chi connectivity index (χ0n) is 13.8. The summed E-state index contributed by atoms with van der Waals surface area (Å²) in [4.78, 5) is 0. The fraction of sp³-hybridized carbons (Fsp3) is 0.647. The van der Waals surface area contributed by atoms with E-state index in [-0.39, 0.29) is 0 Å². The summed E-state index contributed by atoms with van der Waals surface area (Å²) in [6.07, 6.45) is 2.32. The van der Waals surface area contributed by atoms with Gasteiger partial charge in [0.05, 0.1) is 7.11 Å². The van der Waals surface area contributed by atoms with E-state index in [1.54, 1.807) is 7.11 Å². The van der Waals surface area contributed by atoms with Crippen LogP contribution in [-0.2, 0) is 6.42 Å². The zero-order valence-corrected chi connectivity index (χ0v) is 14.8. The van der Waals surface area contributed by atoms with Crippen LogP contribution in [-0.4, -0.2) is 28.3 Å². The molecule has 0 aromatic heterocycles. The number of nitrogens with one attached hydrogen (secondary N) is 1. The third-order valence-electron chi connectivity index (χ3n) is 3.46. The molecule has 0 amide bonds. The molecule has 1 atom stereocenters. The van der Waals surface area contributed by atoms with E-state index < -0.39 is 8.07 Å². The summed E-state index contributed by atoms with van der Waals surface area (Å²) in [6.45, 7) is 11.8. The minimum atomic E-state index is -1.04. The second kappa shape index (κ2) is 8.48. The molecule has 0 aliphatic carbocycles. The summed E-state index contributed by atoms with van der Waals surface area (Å²) < 4.78 is 5.49. The van der Waals surface area contributed by atoms with Crippen LogP contribution in [0.1, 0.15) is 18.9 Å². The minimum absolute atomic E-state index is 0.713. The van der Waals surface area contributed by atoms with Gasteiger partial charge < -0.3 is 10.1 Å². The molecule has 114 valence electrons. The second-order valence-corrected chi connectivity index (χ2v) is 12.4. The summed E-state index contributed by atoms with van der Waals surface area (Å²) in [6, 6.07) is 9.80. The Morgan fingerprint density at radius 3 is 2.50 bits per heavy atom. The number of para-hydroxylation sites is 1. The Balaban J connectivity index is 2.71. The first-order valence-corrected chi connectivity index (χ1v) is 11.5. The molecular weight excluding hydrogens is 262 g/mol. The predicted molar refractivity (Wildman–Crippen MR) is 91.5 cm³/mol. The molecule has 0 aliphatic rings. The van der Waals surface area contributed by atoms with Gasteiger partial charge in [-0.3, -0.25) is 0 Å². The van der Waals surface area contributed by atoms with E-state index in [4.69, 9.17) is 4.74 Å². The Kier molecular flexibility index (Phi) is 7.31. The minimum Gasteiger partial charge on any atom is -0.496 e. The van der Waals surface area contributed by atoms with Crippen molar-refractivity contribution in [1.29, 1.82) is 0 Å². The lowest BCUT2D eigenvalue weighted by molar-refractivity contribution is 0.403. The number of ether oxygens (including phenoxy) is 1. The first-order chi connectivity index (χ1) is 9.46. The number of rotatable bonds is 9. The van der Waals surface area contributed by atoms with Crippen LogP contribution >= 0.6 is 0 Å². The van der Waals surface area contributed by atoms with Gasteiger partial charge in [0.25, 0.3) is 0 Å². The lowest BCUT2D eigenvalue weighted by Crippen LogP contribution is -2.32. The van der Waals surface area contributed by atoms with E-state index in [1.165, 1.54) is 18.0 Å². The summed E-state index contributed by atoms with van der Waals surface area (Å²) in [5.74, 6) is 1.74.